The number of thiophene rings is 1. The van der Waals surface area contributed by atoms with E-state index in [9.17, 15) is 0 Å². The number of aliphatic imine (C=N–C) groups is 1. The quantitative estimate of drug-likeness (QED) is 0.544. The highest BCUT2D eigenvalue weighted by Gasteiger charge is 2.07. The molecule has 0 saturated carbocycles. The minimum Gasteiger partial charge on any atom is -0.356 e. The van der Waals surface area contributed by atoms with Gasteiger partial charge in [0.15, 0.2) is 5.96 Å². The summed E-state index contributed by atoms with van der Waals surface area (Å²) in [5, 5.41) is 8.93. The highest BCUT2D eigenvalue weighted by Crippen LogP contribution is 2.19. The molecule has 0 aromatic carbocycles. The van der Waals surface area contributed by atoms with Crippen LogP contribution in [0.2, 0.25) is 0 Å². The first-order valence-electron chi connectivity index (χ1n) is 7.91. The van der Waals surface area contributed by atoms with Gasteiger partial charge in [-0.25, -0.2) is 0 Å². The predicted octanol–water partition coefficient (Wildman–Crippen LogP) is 2.75. The van der Waals surface area contributed by atoms with E-state index >= 15 is 0 Å². The van der Waals surface area contributed by atoms with Gasteiger partial charge in [0.05, 0.1) is 0 Å². The van der Waals surface area contributed by atoms with E-state index in [2.05, 4.69) is 58.8 Å². The third-order valence-corrected chi connectivity index (χ3v) is 4.64. The van der Waals surface area contributed by atoms with Crippen LogP contribution in [0.15, 0.2) is 22.5 Å². The van der Waals surface area contributed by atoms with Crippen LogP contribution in [0.25, 0.3) is 0 Å². The monoisotopic (exact) mass is 310 g/mol. The lowest BCUT2D eigenvalue weighted by molar-refractivity contribution is 0.293. The summed E-state index contributed by atoms with van der Waals surface area (Å²) < 4.78 is 0. The Balaban J connectivity index is 2.26. The third-order valence-electron chi connectivity index (χ3n) is 3.54. The lowest BCUT2D eigenvalue weighted by atomic mass is 10.1. The Morgan fingerprint density at radius 3 is 2.71 bits per heavy atom. The normalized spacial score (nSPS) is 13.5. The SMILES string of the molecule is CCCN(CC)CCNC(=NC)NCC(C)c1cccs1. The maximum atomic E-state index is 4.29. The van der Waals surface area contributed by atoms with E-state index in [4.69, 9.17) is 0 Å². The van der Waals surface area contributed by atoms with E-state index in [1.165, 1.54) is 17.8 Å². The second-order valence-corrected chi connectivity index (χ2v) is 6.21. The summed E-state index contributed by atoms with van der Waals surface area (Å²) in [5.41, 5.74) is 0. The van der Waals surface area contributed by atoms with E-state index in [1.54, 1.807) is 0 Å². The summed E-state index contributed by atoms with van der Waals surface area (Å²) in [6, 6.07) is 4.30. The Kier molecular flexibility index (Phi) is 9.10. The van der Waals surface area contributed by atoms with Gasteiger partial charge in [0, 0.05) is 37.5 Å². The third kappa shape index (κ3) is 6.96. The number of rotatable bonds is 9. The lowest BCUT2D eigenvalue weighted by Crippen LogP contribution is -2.42. The number of hydrogen-bond donors (Lipinski definition) is 2. The van der Waals surface area contributed by atoms with Crippen molar-refractivity contribution in [2.24, 2.45) is 4.99 Å². The molecule has 0 fully saturated rings. The molecule has 0 amide bonds. The molecule has 1 heterocycles. The van der Waals surface area contributed by atoms with Gasteiger partial charge < -0.3 is 15.5 Å². The molecule has 2 N–H and O–H groups in total. The number of nitrogens with one attached hydrogen (secondary N) is 2. The summed E-state index contributed by atoms with van der Waals surface area (Å²) in [5.74, 6) is 1.40. The lowest BCUT2D eigenvalue weighted by Gasteiger charge is -2.21. The molecular formula is C16H30N4S. The number of likely N-dealkylation sites (N-methyl/N-ethyl adjacent to an activating group) is 1. The van der Waals surface area contributed by atoms with Crippen LogP contribution in [0.5, 0.6) is 0 Å². The van der Waals surface area contributed by atoms with E-state index in [1.807, 2.05) is 18.4 Å². The molecule has 5 heteroatoms. The van der Waals surface area contributed by atoms with E-state index < -0.39 is 0 Å². The van der Waals surface area contributed by atoms with Crippen LogP contribution in [-0.4, -0.2) is 50.6 Å². The molecule has 1 aromatic heterocycles. The average molecular weight is 311 g/mol. The Morgan fingerprint density at radius 1 is 1.33 bits per heavy atom. The fourth-order valence-electron chi connectivity index (χ4n) is 2.22. The zero-order valence-electron chi connectivity index (χ0n) is 13.9. The van der Waals surface area contributed by atoms with E-state index in [-0.39, 0.29) is 0 Å². The molecule has 1 atom stereocenters. The van der Waals surface area contributed by atoms with Crippen molar-refractivity contribution in [2.45, 2.75) is 33.1 Å². The topological polar surface area (TPSA) is 39.7 Å². The van der Waals surface area contributed by atoms with Gasteiger partial charge in [-0.3, -0.25) is 4.99 Å². The van der Waals surface area contributed by atoms with Crippen LogP contribution < -0.4 is 10.6 Å². The second kappa shape index (κ2) is 10.6. The fraction of sp³-hybridized carbons (Fsp3) is 0.688. The largest absolute Gasteiger partial charge is 0.356 e. The molecule has 0 spiro atoms. The molecule has 21 heavy (non-hydrogen) atoms. The molecule has 0 aliphatic rings. The van der Waals surface area contributed by atoms with Crippen LogP contribution in [0.1, 0.15) is 38.0 Å². The smallest absolute Gasteiger partial charge is 0.191 e. The van der Waals surface area contributed by atoms with Gasteiger partial charge in [0.25, 0.3) is 0 Å². The molecule has 1 aromatic rings. The summed E-state index contributed by atoms with van der Waals surface area (Å²) in [7, 11) is 1.83. The standard InChI is InChI=1S/C16H30N4S/c1-5-10-20(6-2)11-9-18-16(17-4)19-13-14(3)15-8-7-12-21-15/h7-8,12,14H,5-6,9-11,13H2,1-4H3,(H2,17,18,19). The van der Waals surface area contributed by atoms with Gasteiger partial charge in [-0.15, -0.1) is 11.3 Å². The van der Waals surface area contributed by atoms with Crippen molar-refractivity contribution in [3.63, 3.8) is 0 Å². The van der Waals surface area contributed by atoms with Crippen LogP contribution in [0, 0.1) is 0 Å². The van der Waals surface area contributed by atoms with Crippen molar-refractivity contribution in [3.05, 3.63) is 22.4 Å². The molecule has 0 radical (unpaired) electrons. The number of nitrogens with zero attached hydrogens (tertiary/aromatic N) is 2. The molecule has 0 aliphatic heterocycles. The summed E-state index contributed by atoms with van der Waals surface area (Å²) in [6.45, 7) is 11.9. The van der Waals surface area contributed by atoms with Gasteiger partial charge in [-0.1, -0.05) is 26.8 Å². The van der Waals surface area contributed by atoms with Crippen molar-refractivity contribution >= 4 is 17.3 Å². The minimum atomic E-state index is 0.510. The highest BCUT2D eigenvalue weighted by atomic mass is 32.1. The van der Waals surface area contributed by atoms with Gasteiger partial charge >= 0.3 is 0 Å². The summed E-state index contributed by atoms with van der Waals surface area (Å²) >= 11 is 1.81. The molecular weight excluding hydrogens is 280 g/mol. The summed E-state index contributed by atoms with van der Waals surface area (Å²) in [6.07, 6.45) is 1.21. The van der Waals surface area contributed by atoms with Gasteiger partial charge in [0.2, 0.25) is 0 Å². The van der Waals surface area contributed by atoms with Gasteiger partial charge in [-0.2, -0.15) is 0 Å². The molecule has 1 rings (SSSR count). The van der Waals surface area contributed by atoms with Crippen LogP contribution in [0.4, 0.5) is 0 Å². The van der Waals surface area contributed by atoms with Crippen molar-refractivity contribution in [3.8, 4) is 0 Å². The van der Waals surface area contributed by atoms with Crippen molar-refractivity contribution in [1.29, 1.82) is 0 Å². The first-order chi connectivity index (χ1) is 10.2. The maximum absolute atomic E-state index is 4.29. The Hall–Kier alpha value is -1.07. The first-order valence-corrected chi connectivity index (χ1v) is 8.79. The van der Waals surface area contributed by atoms with Gasteiger partial charge in [0.1, 0.15) is 0 Å². The fourth-order valence-corrected chi connectivity index (χ4v) is 3.01. The molecule has 0 aliphatic carbocycles. The Bertz CT molecular complexity index is 389. The van der Waals surface area contributed by atoms with Crippen LogP contribution in [0.3, 0.4) is 0 Å². The zero-order valence-corrected chi connectivity index (χ0v) is 14.7. The molecule has 0 bridgehead atoms. The van der Waals surface area contributed by atoms with Crippen molar-refractivity contribution < 1.29 is 0 Å². The number of hydrogen-bond acceptors (Lipinski definition) is 3. The number of guanidine groups is 1. The Labute approximate surface area is 133 Å². The molecule has 0 saturated heterocycles. The summed E-state index contributed by atoms with van der Waals surface area (Å²) in [4.78, 5) is 8.16. The zero-order chi connectivity index (χ0) is 15.5. The van der Waals surface area contributed by atoms with Crippen LogP contribution in [-0.2, 0) is 0 Å². The van der Waals surface area contributed by atoms with E-state index in [0.29, 0.717) is 5.92 Å². The molecule has 120 valence electrons. The predicted molar refractivity (Wildman–Crippen MR) is 94.5 cm³/mol. The molecule has 1 unspecified atom stereocenters. The van der Waals surface area contributed by atoms with Crippen LogP contribution >= 0.6 is 11.3 Å². The average Bonchev–Trinajstić information content (AvgIpc) is 3.03. The molecule has 4 nitrogen and oxygen atoms in total. The second-order valence-electron chi connectivity index (χ2n) is 5.23. The van der Waals surface area contributed by atoms with Crippen molar-refractivity contribution in [1.82, 2.24) is 15.5 Å². The first kappa shape index (κ1) is 18.0. The Morgan fingerprint density at radius 2 is 2.14 bits per heavy atom. The maximum Gasteiger partial charge on any atom is 0.191 e. The van der Waals surface area contributed by atoms with Crippen molar-refractivity contribution in [2.75, 3.05) is 39.8 Å². The minimum absolute atomic E-state index is 0.510. The van der Waals surface area contributed by atoms with E-state index in [0.717, 1.165) is 32.1 Å². The highest BCUT2D eigenvalue weighted by molar-refractivity contribution is 7.10. The van der Waals surface area contributed by atoms with Gasteiger partial charge in [-0.05, 0) is 31.0 Å².